The second-order valence-electron chi connectivity index (χ2n) is 11.0. The van der Waals surface area contributed by atoms with Gasteiger partial charge in [-0.3, -0.25) is 0 Å². The van der Waals surface area contributed by atoms with E-state index in [1.807, 2.05) is 30.3 Å². The Morgan fingerprint density at radius 2 is 1.45 bits per heavy atom. The van der Waals surface area contributed by atoms with Gasteiger partial charge < -0.3 is 0 Å². The maximum atomic E-state index is 14.1. The van der Waals surface area contributed by atoms with E-state index in [9.17, 15) is 18.4 Å². The van der Waals surface area contributed by atoms with E-state index in [0.717, 1.165) is 42.4 Å². The van der Waals surface area contributed by atoms with Crippen molar-refractivity contribution < 1.29 is 13.2 Å². The molecule has 0 aromatic heterocycles. The highest BCUT2D eigenvalue weighted by Crippen LogP contribution is 2.43. The van der Waals surface area contributed by atoms with E-state index in [0.29, 0.717) is 12.0 Å². The first-order chi connectivity index (χ1) is 19.1. The molecule has 0 fully saturated rings. The lowest BCUT2D eigenvalue weighted by Crippen LogP contribution is -2.35. The lowest BCUT2D eigenvalue weighted by molar-refractivity contribution is -0.137. The fourth-order valence-corrected chi connectivity index (χ4v) is 5.94. The average Bonchev–Trinajstić information content (AvgIpc) is 2.95. The number of halogens is 3. The molecular weight excluding hydrogens is 503 g/mol. The largest absolute Gasteiger partial charge is 0.417 e. The fraction of sp³-hybridized carbons (Fsp3) is 0.306. The van der Waals surface area contributed by atoms with Crippen LogP contribution in [-0.2, 0) is 24.4 Å². The molecule has 0 radical (unpaired) electrons. The van der Waals surface area contributed by atoms with Gasteiger partial charge in [0.2, 0.25) is 0 Å². The van der Waals surface area contributed by atoms with Gasteiger partial charge in [-0.15, -0.1) is 0 Å². The molecule has 0 aliphatic heterocycles. The van der Waals surface area contributed by atoms with E-state index in [-0.39, 0.29) is 11.5 Å². The number of rotatable bonds is 10. The highest BCUT2D eigenvalue weighted by molar-refractivity contribution is 5.65. The van der Waals surface area contributed by atoms with E-state index in [1.54, 1.807) is 12.1 Å². The van der Waals surface area contributed by atoms with Crippen molar-refractivity contribution >= 4 is 0 Å². The van der Waals surface area contributed by atoms with Crippen molar-refractivity contribution in [2.75, 3.05) is 0 Å². The topological polar surface area (TPSA) is 23.8 Å². The summed E-state index contributed by atoms with van der Waals surface area (Å²) >= 11 is 0. The first kappa shape index (κ1) is 29.2. The van der Waals surface area contributed by atoms with Crippen LogP contribution in [0, 0.1) is 24.2 Å². The van der Waals surface area contributed by atoms with Gasteiger partial charge in [0.1, 0.15) is 0 Å². The van der Waals surface area contributed by atoms with Gasteiger partial charge in [0, 0.05) is 0 Å². The van der Waals surface area contributed by atoms with Gasteiger partial charge >= 0.3 is 6.18 Å². The van der Waals surface area contributed by atoms with Crippen molar-refractivity contribution in [2.45, 2.75) is 64.5 Å². The summed E-state index contributed by atoms with van der Waals surface area (Å²) in [6.45, 7) is 6.31. The fourth-order valence-electron chi connectivity index (χ4n) is 5.94. The van der Waals surface area contributed by atoms with Crippen LogP contribution in [0.5, 0.6) is 0 Å². The summed E-state index contributed by atoms with van der Waals surface area (Å²) in [5.74, 6) is 0.134. The molecule has 0 heterocycles. The predicted octanol–water partition coefficient (Wildman–Crippen LogP) is 10.1. The van der Waals surface area contributed by atoms with Gasteiger partial charge in [0.25, 0.3) is 0 Å². The molecule has 4 aromatic rings. The van der Waals surface area contributed by atoms with Crippen LogP contribution in [0.1, 0.15) is 66.5 Å². The van der Waals surface area contributed by atoms with Crippen LogP contribution >= 0.6 is 0 Å². The zero-order valence-corrected chi connectivity index (χ0v) is 23.4. The van der Waals surface area contributed by atoms with Crippen LogP contribution in [0.2, 0.25) is 0 Å². The highest BCUT2D eigenvalue weighted by atomic mass is 19.4. The Bertz CT molecular complexity index is 1470. The minimum Gasteiger partial charge on any atom is -0.192 e. The molecule has 40 heavy (non-hydrogen) atoms. The van der Waals surface area contributed by atoms with Crippen molar-refractivity contribution in [3.05, 3.63) is 130 Å². The smallest absolute Gasteiger partial charge is 0.192 e. The third kappa shape index (κ3) is 6.83. The van der Waals surface area contributed by atoms with E-state index in [1.165, 1.54) is 23.3 Å². The minimum atomic E-state index is -4.60. The molecule has 0 N–H and O–H groups in total. The van der Waals surface area contributed by atoms with Gasteiger partial charge in [-0.2, -0.15) is 18.4 Å². The molecule has 0 aliphatic carbocycles. The van der Waals surface area contributed by atoms with Gasteiger partial charge in [-0.05, 0) is 83.9 Å². The molecule has 0 aliphatic rings. The summed E-state index contributed by atoms with van der Waals surface area (Å²) in [7, 11) is 0. The first-order valence-electron chi connectivity index (χ1n) is 14.0. The number of nitrogens with zero attached hydrogens (tertiary/aromatic N) is 1. The Labute approximate surface area is 236 Å². The number of nitriles is 1. The number of alkyl halides is 3. The highest BCUT2D eigenvalue weighted by Gasteiger charge is 2.39. The monoisotopic (exact) mass is 539 g/mol. The van der Waals surface area contributed by atoms with Crippen molar-refractivity contribution in [3.63, 3.8) is 0 Å². The summed E-state index contributed by atoms with van der Waals surface area (Å²) in [6, 6.07) is 33.0. The summed E-state index contributed by atoms with van der Waals surface area (Å²) in [5.41, 5.74) is 4.56. The zero-order chi connectivity index (χ0) is 28.8. The molecule has 2 unspecified atom stereocenters. The van der Waals surface area contributed by atoms with Gasteiger partial charge in [-0.25, -0.2) is 0 Å². The van der Waals surface area contributed by atoms with Crippen molar-refractivity contribution in [3.8, 4) is 17.2 Å². The Kier molecular flexibility index (Phi) is 9.15. The molecule has 0 saturated heterocycles. The molecule has 2 atom stereocenters. The average molecular weight is 540 g/mol. The number of hydrogen-bond donors (Lipinski definition) is 0. The van der Waals surface area contributed by atoms with Crippen LogP contribution in [0.15, 0.2) is 97.1 Å². The normalized spacial score (nSPS) is 13.8. The molecule has 0 amide bonds. The molecule has 4 rings (SSSR count). The summed E-state index contributed by atoms with van der Waals surface area (Å²) in [5, 5.41) is 9.42. The summed E-state index contributed by atoms with van der Waals surface area (Å²) < 4.78 is 42.2. The molecule has 0 saturated carbocycles. The van der Waals surface area contributed by atoms with Gasteiger partial charge in [0.05, 0.1) is 17.2 Å². The Balaban J connectivity index is 1.80. The van der Waals surface area contributed by atoms with E-state index >= 15 is 0 Å². The first-order valence-corrected chi connectivity index (χ1v) is 14.0. The minimum absolute atomic E-state index is 0.134. The van der Waals surface area contributed by atoms with Crippen LogP contribution < -0.4 is 0 Å². The molecule has 0 bridgehead atoms. The van der Waals surface area contributed by atoms with Gasteiger partial charge in [0.15, 0.2) is 0 Å². The molecule has 1 nitrogen and oxygen atoms in total. The van der Waals surface area contributed by atoms with Crippen LogP contribution in [0.25, 0.3) is 11.1 Å². The Hall–Kier alpha value is -3.84. The molecule has 0 spiro atoms. The lowest BCUT2D eigenvalue weighted by Gasteiger charge is -2.40. The Morgan fingerprint density at radius 3 is 2.10 bits per heavy atom. The number of hydrogen-bond acceptors (Lipinski definition) is 1. The number of benzene rings is 4. The molecule has 206 valence electrons. The SMILES string of the molecule is CCCC(CCc1ccccc1)C(C)(Cc1cccc(-c2cccc(C)c2)c1)c1ccc(C#N)c(C(F)(F)F)c1. The third-order valence-corrected chi connectivity index (χ3v) is 8.12. The number of aryl methyl sites for hydroxylation is 2. The predicted molar refractivity (Wildman–Crippen MR) is 157 cm³/mol. The van der Waals surface area contributed by atoms with Crippen molar-refractivity contribution in [2.24, 2.45) is 5.92 Å². The summed E-state index contributed by atoms with van der Waals surface area (Å²) in [4.78, 5) is 0. The van der Waals surface area contributed by atoms with Crippen LogP contribution in [-0.4, -0.2) is 0 Å². The third-order valence-electron chi connectivity index (χ3n) is 8.12. The molecule has 4 heteroatoms. The van der Waals surface area contributed by atoms with Crippen LogP contribution in [0.4, 0.5) is 13.2 Å². The van der Waals surface area contributed by atoms with Crippen LogP contribution in [0.3, 0.4) is 0 Å². The molecule has 4 aromatic carbocycles. The maximum Gasteiger partial charge on any atom is 0.417 e. The standard InChI is InChI=1S/C36H36F3N/c1-4-10-32(19-17-27-12-6-5-7-13-27)35(3,33-20-18-31(25-40)34(23-33)36(37,38)39)24-28-14-9-16-30(22-28)29-15-8-11-26(2)21-29/h5-9,11-16,18,20-23,32H,4,10,17,19,24H2,1-3H3. The lowest BCUT2D eigenvalue weighted by atomic mass is 9.64. The van der Waals surface area contributed by atoms with Crippen molar-refractivity contribution in [1.29, 1.82) is 5.26 Å². The van der Waals surface area contributed by atoms with Crippen molar-refractivity contribution in [1.82, 2.24) is 0 Å². The second-order valence-corrected chi connectivity index (χ2v) is 11.0. The zero-order valence-electron chi connectivity index (χ0n) is 23.4. The second kappa shape index (κ2) is 12.6. The summed E-state index contributed by atoms with van der Waals surface area (Å²) in [6.07, 6.45) is -0.476. The van der Waals surface area contributed by atoms with Gasteiger partial charge in [-0.1, -0.05) is 111 Å². The van der Waals surface area contributed by atoms with E-state index in [4.69, 9.17) is 0 Å². The van der Waals surface area contributed by atoms with E-state index < -0.39 is 17.2 Å². The quantitative estimate of drug-likeness (QED) is 0.197. The maximum absolute atomic E-state index is 14.1. The molecular formula is C36H36F3N. The van der Waals surface area contributed by atoms with E-state index in [2.05, 4.69) is 69.3 Å². The Morgan fingerprint density at radius 1 is 0.775 bits per heavy atom.